The molecule has 0 aliphatic rings. The normalized spacial score (nSPS) is 13.8. The van der Waals surface area contributed by atoms with Crippen molar-refractivity contribution in [2.75, 3.05) is 6.07 Å². The molecule has 0 heterocycles. The quantitative estimate of drug-likeness (QED) is 0.473. The van der Waals surface area contributed by atoms with Gasteiger partial charge in [0.15, 0.2) is 0 Å². The second-order valence-corrected chi connectivity index (χ2v) is 1.49. The minimum Gasteiger partial charge on any atom is -0.297 e. The molecule has 0 saturated carbocycles. The second-order valence-electron chi connectivity index (χ2n) is 1.27. The fraction of sp³-hybridized carbons (Fsp3) is 1.00. The molecule has 7 heteroatoms. The summed E-state index contributed by atoms with van der Waals surface area (Å²) in [4.78, 5) is 0. The molecule has 0 radical (unpaired) electrons. The molecule has 0 atom stereocenters. The molecule has 0 aromatic rings. The van der Waals surface area contributed by atoms with Gasteiger partial charge in [-0.25, -0.2) is 0 Å². The third-order valence-electron chi connectivity index (χ3n) is 0.566. The highest BCUT2D eigenvalue weighted by Gasteiger charge is 2.59. The largest absolute Gasteiger partial charge is 0.483 e. The van der Waals surface area contributed by atoms with Crippen molar-refractivity contribution in [3.63, 3.8) is 0 Å². The molecule has 0 N–H and O–H groups in total. The predicted molar refractivity (Wildman–Crippen MR) is 22.8 cm³/mol. The third-order valence-corrected chi connectivity index (χ3v) is 0.675. The van der Waals surface area contributed by atoms with Gasteiger partial charge in [0.2, 0.25) is 0 Å². The van der Waals surface area contributed by atoms with Gasteiger partial charge in [-0.1, -0.05) is 11.6 Å². The van der Waals surface area contributed by atoms with E-state index in [1.807, 2.05) is 0 Å². The Morgan fingerprint density at radius 3 is 1.60 bits per heavy atom. The Labute approximate surface area is 57.7 Å². The lowest BCUT2D eigenvalue weighted by Gasteiger charge is -2.17. The number of alkyl halides is 6. The fourth-order valence-corrected chi connectivity index (χ4v) is 0.287. The predicted octanol–water partition coefficient (Wildman–Crippen LogP) is 2.35. The molecule has 10 heavy (non-hydrogen) atoms. The molecule has 0 rings (SSSR count). The monoisotopic (exact) mass is 184 g/mol. The number of ether oxygens (including phenoxy) is 1. The standard InChI is InChI=1S/C3H2ClF5O/c4-1-10-3(8,9)2(5,6)7/h1H2. The minimum absolute atomic E-state index is 1.20. The van der Waals surface area contributed by atoms with Crippen molar-refractivity contribution < 1.29 is 26.7 Å². The number of halogens is 6. The van der Waals surface area contributed by atoms with Crippen molar-refractivity contribution in [1.82, 2.24) is 0 Å². The van der Waals surface area contributed by atoms with Crippen molar-refractivity contribution in [3.05, 3.63) is 0 Å². The van der Waals surface area contributed by atoms with Gasteiger partial charge in [0, 0.05) is 0 Å². The van der Waals surface area contributed by atoms with Crippen LogP contribution in [0.3, 0.4) is 0 Å². The first-order valence-corrected chi connectivity index (χ1v) is 2.49. The van der Waals surface area contributed by atoms with Crippen LogP contribution in [0.25, 0.3) is 0 Å². The van der Waals surface area contributed by atoms with Gasteiger partial charge >= 0.3 is 12.3 Å². The van der Waals surface area contributed by atoms with E-state index in [-0.39, 0.29) is 0 Å². The molecule has 0 fully saturated rings. The van der Waals surface area contributed by atoms with Gasteiger partial charge in [0.1, 0.15) is 6.07 Å². The van der Waals surface area contributed by atoms with Crippen LogP contribution in [0.15, 0.2) is 0 Å². The molecular formula is C3H2ClF5O. The maximum Gasteiger partial charge on any atom is 0.483 e. The van der Waals surface area contributed by atoms with Crippen LogP contribution in [0.2, 0.25) is 0 Å². The smallest absolute Gasteiger partial charge is 0.297 e. The molecule has 1 nitrogen and oxygen atoms in total. The molecule has 0 aliphatic heterocycles. The van der Waals surface area contributed by atoms with Crippen LogP contribution in [-0.4, -0.2) is 18.4 Å². The Morgan fingerprint density at radius 1 is 1.10 bits per heavy atom. The van der Waals surface area contributed by atoms with Gasteiger partial charge in [0.05, 0.1) is 0 Å². The van der Waals surface area contributed by atoms with Crippen molar-refractivity contribution >= 4 is 11.6 Å². The zero-order valence-corrected chi connectivity index (χ0v) is 5.14. The Morgan fingerprint density at radius 2 is 1.50 bits per heavy atom. The van der Waals surface area contributed by atoms with Gasteiger partial charge in [0.25, 0.3) is 0 Å². The van der Waals surface area contributed by atoms with Crippen molar-refractivity contribution in [2.45, 2.75) is 12.3 Å². The zero-order chi connectivity index (χ0) is 8.41. The van der Waals surface area contributed by atoms with Crippen LogP contribution in [-0.2, 0) is 4.74 Å². The Hall–Kier alpha value is -0.100. The summed E-state index contributed by atoms with van der Waals surface area (Å²) in [5.74, 6) is 0. The van der Waals surface area contributed by atoms with Crippen LogP contribution in [0.1, 0.15) is 0 Å². The van der Waals surface area contributed by atoms with E-state index in [9.17, 15) is 22.0 Å². The molecule has 0 unspecified atom stereocenters. The Bertz CT molecular complexity index is 110. The summed E-state index contributed by atoms with van der Waals surface area (Å²) in [6, 6.07) is -1.20. The number of hydrogen-bond donors (Lipinski definition) is 0. The van der Waals surface area contributed by atoms with Gasteiger partial charge in [-0.2, -0.15) is 22.0 Å². The van der Waals surface area contributed by atoms with Crippen LogP contribution >= 0.6 is 11.6 Å². The van der Waals surface area contributed by atoms with E-state index in [2.05, 4.69) is 16.3 Å². The van der Waals surface area contributed by atoms with E-state index < -0.39 is 18.4 Å². The van der Waals surface area contributed by atoms with Crippen molar-refractivity contribution in [2.24, 2.45) is 0 Å². The van der Waals surface area contributed by atoms with E-state index in [0.29, 0.717) is 0 Å². The maximum atomic E-state index is 11.5. The summed E-state index contributed by atoms with van der Waals surface area (Å²) >= 11 is 4.49. The van der Waals surface area contributed by atoms with E-state index in [1.54, 1.807) is 0 Å². The van der Waals surface area contributed by atoms with Gasteiger partial charge in [-0.15, -0.1) is 0 Å². The fourth-order valence-electron chi connectivity index (χ4n) is 0.150. The van der Waals surface area contributed by atoms with Crippen molar-refractivity contribution in [3.8, 4) is 0 Å². The summed E-state index contributed by atoms with van der Waals surface area (Å²) in [5, 5.41) is 0. The summed E-state index contributed by atoms with van der Waals surface area (Å²) < 4.78 is 59.2. The summed E-state index contributed by atoms with van der Waals surface area (Å²) in [6.45, 7) is 0. The average molecular weight is 184 g/mol. The lowest BCUT2D eigenvalue weighted by Crippen LogP contribution is -2.38. The topological polar surface area (TPSA) is 9.23 Å². The van der Waals surface area contributed by atoms with E-state index in [1.165, 1.54) is 0 Å². The minimum atomic E-state index is -5.69. The van der Waals surface area contributed by atoms with E-state index in [4.69, 9.17) is 0 Å². The number of hydrogen-bond acceptors (Lipinski definition) is 1. The third kappa shape index (κ3) is 2.26. The molecular weight excluding hydrogens is 182 g/mol. The van der Waals surface area contributed by atoms with Gasteiger partial charge < -0.3 is 0 Å². The van der Waals surface area contributed by atoms with Gasteiger partial charge in [-0.05, 0) is 0 Å². The first kappa shape index (κ1) is 9.90. The van der Waals surface area contributed by atoms with Crippen molar-refractivity contribution in [1.29, 1.82) is 0 Å². The average Bonchev–Trinajstić information content (AvgIpc) is 1.61. The molecule has 0 aromatic heterocycles. The van der Waals surface area contributed by atoms with E-state index >= 15 is 0 Å². The zero-order valence-electron chi connectivity index (χ0n) is 4.38. The molecule has 0 amide bonds. The molecule has 0 aromatic carbocycles. The molecule has 0 saturated heterocycles. The first-order valence-electron chi connectivity index (χ1n) is 1.95. The van der Waals surface area contributed by atoms with Crippen LogP contribution in [0.4, 0.5) is 22.0 Å². The van der Waals surface area contributed by atoms with Gasteiger partial charge in [-0.3, -0.25) is 4.74 Å². The SMILES string of the molecule is FC(F)(F)C(F)(F)OCCl. The van der Waals surface area contributed by atoms with Crippen LogP contribution in [0, 0.1) is 0 Å². The number of rotatable bonds is 2. The highest BCUT2D eigenvalue weighted by molar-refractivity contribution is 6.17. The van der Waals surface area contributed by atoms with E-state index in [0.717, 1.165) is 0 Å². The van der Waals surface area contributed by atoms with Crippen LogP contribution in [0.5, 0.6) is 0 Å². The molecule has 0 aliphatic carbocycles. The maximum absolute atomic E-state index is 11.5. The summed E-state index contributed by atoms with van der Waals surface area (Å²) in [6.07, 6.45) is -10.8. The summed E-state index contributed by atoms with van der Waals surface area (Å²) in [5.41, 5.74) is 0. The first-order chi connectivity index (χ1) is 4.31. The molecule has 62 valence electrons. The van der Waals surface area contributed by atoms with Crippen LogP contribution < -0.4 is 0 Å². The lowest BCUT2D eigenvalue weighted by molar-refractivity contribution is -0.386. The Balaban J connectivity index is 4.10. The summed E-state index contributed by atoms with van der Waals surface area (Å²) in [7, 11) is 0. The highest BCUT2D eigenvalue weighted by atomic mass is 35.5. The molecule has 0 bridgehead atoms. The Kier molecular flexibility index (Phi) is 2.85. The lowest BCUT2D eigenvalue weighted by atomic mass is 10.6. The molecule has 0 spiro atoms. The second kappa shape index (κ2) is 2.87. The highest BCUT2D eigenvalue weighted by Crippen LogP contribution is 2.36.